The van der Waals surface area contributed by atoms with Gasteiger partial charge in [0.05, 0.1) is 17.2 Å². The molecule has 0 aromatic heterocycles. The lowest BCUT2D eigenvalue weighted by Crippen LogP contribution is -2.35. The van der Waals surface area contributed by atoms with E-state index >= 15 is 0 Å². The molecule has 0 saturated carbocycles. The second kappa shape index (κ2) is 6.99. The number of para-hydroxylation sites is 1. The smallest absolute Gasteiger partial charge is 0.142 e. The molecule has 0 amide bonds. The molecule has 0 bridgehead atoms. The summed E-state index contributed by atoms with van der Waals surface area (Å²) in [5.74, 6) is 0.777. The van der Waals surface area contributed by atoms with E-state index in [-0.39, 0.29) is 11.6 Å². The van der Waals surface area contributed by atoms with Gasteiger partial charge in [-0.25, -0.2) is 0 Å². The number of hydrogen-bond donors (Lipinski definition) is 1. The second-order valence-corrected chi connectivity index (χ2v) is 7.20. The summed E-state index contributed by atoms with van der Waals surface area (Å²) < 4.78 is 11.8. The van der Waals surface area contributed by atoms with Gasteiger partial charge in [0.15, 0.2) is 0 Å². The van der Waals surface area contributed by atoms with E-state index < -0.39 is 0 Å². The van der Waals surface area contributed by atoms with E-state index in [9.17, 15) is 0 Å². The molecule has 0 radical (unpaired) electrons. The van der Waals surface area contributed by atoms with Gasteiger partial charge in [-0.1, -0.05) is 23.7 Å². The summed E-state index contributed by atoms with van der Waals surface area (Å²) in [6.45, 7) is 9.84. The molecule has 2 atom stereocenters. The summed E-state index contributed by atoms with van der Waals surface area (Å²) in [6, 6.07) is 5.89. The van der Waals surface area contributed by atoms with Crippen LogP contribution in [-0.2, 0) is 11.3 Å². The first-order chi connectivity index (χ1) is 9.85. The highest BCUT2D eigenvalue weighted by molar-refractivity contribution is 6.32. The molecular formula is C17H26ClNO2. The summed E-state index contributed by atoms with van der Waals surface area (Å²) in [5, 5.41) is 4.13. The van der Waals surface area contributed by atoms with Gasteiger partial charge in [-0.3, -0.25) is 0 Å². The molecule has 1 aromatic carbocycles. The van der Waals surface area contributed by atoms with Gasteiger partial charge in [0.25, 0.3) is 0 Å². The van der Waals surface area contributed by atoms with Crippen LogP contribution in [0.25, 0.3) is 0 Å². The van der Waals surface area contributed by atoms with Crippen molar-refractivity contribution < 1.29 is 9.47 Å². The van der Waals surface area contributed by atoms with Crippen molar-refractivity contribution >= 4 is 11.6 Å². The van der Waals surface area contributed by atoms with Crippen LogP contribution in [-0.4, -0.2) is 24.4 Å². The summed E-state index contributed by atoms with van der Waals surface area (Å²) >= 11 is 6.30. The number of hydrogen-bond acceptors (Lipinski definition) is 3. The lowest BCUT2D eigenvalue weighted by atomic mass is 10.1. The highest BCUT2D eigenvalue weighted by Crippen LogP contribution is 2.30. The Kier molecular flexibility index (Phi) is 5.53. The van der Waals surface area contributed by atoms with Crippen LogP contribution < -0.4 is 10.1 Å². The lowest BCUT2D eigenvalue weighted by Gasteiger charge is -2.22. The zero-order valence-corrected chi connectivity index (χ0v) is 14.2. The van der Waals surface area contributed by atoms with E-state index in [0.29, 0.717) is 17.7 Å². The van der Waals surface area contributed by atoms with Crippen molar-refractivity contribution in [2.75, 3.05) is 6.61 Å². The molecule has 1 fully saturated rings. The fourth-order valence-electron chi connectivity index (χ4n) is 2.40. The van der Waals surface area contributed by atoms with Crippen LogP contribution in [0.3, 0.4) is 0 Å². The van der Waals surface area contributed by atoms with E-state index in [1.54, 1.807) is 0 Å². The molecule has 0 aliphatic carbocycles. The van der Waals surface area contributed by atoms with Gasteiger partial charge in [-0.2, -0.15) is 0 Å². The van der Waals surface area contributed by atoms with Crippen LogP contribution in [0.4, 0.5) is 0 Å². The summed E-state index contributed by atoms with van der Waals surface area (Å²) in [7, 11) is 0. The Morgan fingerprint density at radius 2 is 2.10 bits per heavy atom. The molecule has 1 N–H and O–H groups in total. The Bertz CT molecular complexity index is 470. The van der Waals surface area contributed by atoms with Gasteiger partial charge in [0.2, 0.25) is 0 Å². The van der Waals surface area contributed by atoms with Gasteiger partial charge >= 0.3 is 0 Å². The average Bonchev–Trinajstić information content (AvgIpc) is 2.80. The fraction of sp³-hybridized carbons (Fsp3) is 0.647. The highest BCUT2D eigenvalue weighted by atomic mass is 35.5. The van der Waals surface area contributed by atoms with Gasteiger partial charge in [0.1, 0.15) is 12.4 Å². The number of benzene rings is 1. The standard InChI is InChI=1S/C17H26ClNO2/c1-12-8-9-14(21-12)11-20-16-13(6-5-7-15(16)18)10-19-17(2,3)4/h5-7,12,14,19H,8-11H2,1-4H3. The van der Waals surface area contributed by atoms with Gasteiger partial charge < -0.3 is 14.8 Å². The lowest BCUT2D eigenvalue weighted by molar-refractivity contribution is 0.0262. The maximum Gasteiger partial charge on any atom is 0.142 e. The van der Waals surface area contributed by atoms with Crippen molar-refractivity contribution in [1.82, 2.24) is 5.32 Å². The predicted octanol–water partition coefficient (Wildman–Crippen LogP) is 4.17. The van der Waals surface area contributed by atoms with Crippen molar-refractivity contribution in [3.63, 3.8) is 0 Å². The minimum Gasteiger partial charge on any atom is -0.489 e. The molecule has 1 aliphatic heterocycles. The molecule has 2 rings (SSSR count). The van der Waals surface area contributed by atoms with Crippen molar-refractivity contribution in [3.05, 3.63) is 28.8 Å². The first-order valence-electron chi connectivity index (χ1n) is 7.66. The van der Waals surface area contributed by atoms with Gasteiger partial charge in [0, 0.05) is 17.6 Å². The maximum atomic E-state index is 6.30. The maximum absolute atomic E-state index is 6.30. The molecule has 4 heteroatoms. The van der Waals surface area contributed by atoms with Crippen molar-refractivity contribution in [1.29, 1.82) is 0 Å². The number of ether oxygens (including phenoxy) is 2. The van der Waals surface area contributed by atoms with E-state index in [0.717, 1.165) is 30.7 Å². The number of nitrogens with one attached hydrogen (secondary N) is 1. The molecule has 2 unspecified atom stereocenters. The van der Waals surface area contributed by atoms with Crippen LogP contribution in [0.2, 0.25) is 5.02 Å². The van der Waals surface area contributed by atoms with E-state index in [4.69, 9.17) is 21.1 Å². The number of halogens is 1. The van der Waals surface area contributed by atoms with Crippen molar-refractivity contribution in [2.24, 2.45) is 0 Å². The van der Waals surface area contributed by atoms with E-state index in [1.165, 1.54) is 0 Å². The quantitative estimate of drug-likeness (QED) is 0.885. The van der Waals surface area contributed by atoms with E-state index in [2.05, 4.69) is 39.1 Å². The summed E-state index contributed by atoms with van der Waals surface area (Å²) in [6.07, 6.45) is 2.68. The third-order valence-corrected chi connectivity index (χ3v) is 3.89. The Morgan fingerprint density at radius 3 is 2.71 bits per heavy atom. The monoisotopic (exact) mass is 311 g/mol. The Labute approximate surface area is 133 Å². The predicted molar refractivity (Wildman–Crippen MR) is 87.1 cm³/mol. The molecule has 21 heavy (non-hydrogen) atoms. The zero-order valence-electron chi connectivity index (χ0n) is 13.4. The fourth-order valence-corrected chi connectivity index (χ4v) is 2.65. The SMILES string of the molecule is CC1CCC(COc2c(Cl)cccc2CNC(C)(C)C)O1. The molecule has 1 saturated heterocycles. The summed E-state index contributed by atoms with van der Waals surface area (Å²) in [4.78, 5) is 0. The van der Waals surface area contributed by atoms with E-state index in [1.807, 2.05) is 12.1 Å². The average molecular weight is 312 g/mol. The molecule has 3 nitrogen and oxygen atoms in total. The molecular weight excluding hydrogens is 286 g/mol. The third-order valence-electron chi connectivity index (χ3n) is 3.59. The van der Waals surface area contributed by atoms with Crippen LogP contribution in [0.1, 0.15) is 46.1 Å². The number of rotatable bonds is 5. The molecule has 1 heterocycles. The van der Waals surface area contributed by atoms with Crippen molar-refractivity contribution in [2.45, 2.75) is 64.8 Å². The normalized spacial score (nSPS) is 22.5. The highest BCUT2D eigenvalue weighted by Gasteiger charge is 2.23. The van der Waals surface area contributed by atoms with Gasteiger partial charge in [-0.15, -0.1) is 0 Å². The molecule has 1 aromatic rings. The molecule has 0 spiro atoms. The van der Waals surface area contributed by atoms with Crippen LogP contribution >= 0.6 is 11.6 Å². The minimum absolute atomic E-state index is 0.0591. The van der Waals surface area contributed by atoms with Crippen LogP contribution in [0.5, 0.6) is 5.75 Å². The molecule has 1 aliphatic rings. The Hall–Kier alpha value is -0.770. The van der Waals surface area contributed by atoms with Gasteiger partial charge in [-0.05, 0) is 46.6 Å². The van der Waals surface area contributed by atoms with Crippen LogP contribution in [0.15, 0.2) is 18.2 Å². The zero-order chi connectivity index (χ0) is 15.5. The minimum atomic E-state index is 0.0591. The first kappa shape index (κ1) is 16.6. The van der Waals surface area contributed by atoms with Crippen LogP contribution in [0, 0.1) is 0 Å². The topological polar surface area (TPSA) is 30.5 Å². The largest absolute Gasteiger partial charge is 0.489 e. The first-order valence-corrected chi connectivity index (χ1v) is 8.03. The summed E-state index contributed by atoms with van der Waals surface area (Å²) in [5.41, 5.74) is 1.15. The Balaban J connectivity index is 2.00. The molecule has 118 valence electrons. The van der Waals surface area contributed by atoms with Crippen molar-refractivity contribution in [3.8, 4) is 5.75 Å². The second-order valence-electron chi connectivity index (χ2n) is 6.79. The Morgan fingerprint density at radius 1 is 1.33 bits per heavy atom. The third kappa shape index (κ3) is 5.17.